The number of rotatable bonds is 15. The summed E-state index contributed by atoms with van der Waals surface area (Å²) in [6.45, 7) is 7.87. The minimum Gasteiger partial charge on any atom is -0.494 e. The van der Waals surface area contributed by atoms with Crippen LogP contribution in [-0.2, 0) is 26.0 Å². The number of anilines is 1. The van der Waals surface area contributed by atoms with Crippen LogP contribution >= 0.6 is 0 Å². The Hall–Kier alpha value is -3.85. The van der Waals surface area contributed by atoms with Crippen LogP contribution in [0.25, 0.3) is 0 Å². The highest BCUT2D eigenvalue weighted by molar-refractivity contribution is 7.92. The lowest BCUT2D eigenvalue weighted by molar-refractivity contribution is -0.139. The molecule has 0 aliphatic rings. The van der Waals surface area contributed by atoms with E-state index in [0.29, 0.717) is 30.9 Å². The summed E-state index contributed by atoms with van der Waals surface area (Å²) in [5.41, 5.74) is 1.37. The summed E-state index contributed by atoms with van der Waals surface area (Å²) in [6.07, 6.45) is 1.67. The Morgan fingerprint density at radius 1 is 0.854 bits per heavy atom. The molecular formula is C32H41N3O5S. The lowest BCUT2D eigenvalue weighted by Crippen LogP contribution is -2.54. The molecule has 0 bridgehead atoms. The molecule has 0 unspecified atom stereocenters. The summed E-state index contributed by atoms with van der Waals surface area (Å²) in [6, 6.07) is 23.6. The van der Waals surface area contributed by atoms with Gasteiger partial charge in [0, 0.05) is 12.6 Å². The molecule has 3 aromatic carbocycles. The first kappa shape index (κ1) is 31.7. The van der Waals surface area contributed by atoms with Gasteiger partial charge in [0.1, 0.15) is 18.3 Å². The van der Waals surface area contributed by atoms with Crippen LogP contribution in [0.3, 0.4) is 0 Å². The molecule has 2 atom stereocenters. The van der Waals surface area contributed by atoms with Crippen molar-refractivity contribution in [3.63, 3.8) is 0 Å². The third-order valence-electron chi connectivity index (χ3n) is 6.92. The minimum atomic E-state index is -4.13. The average Bonchev–Trinajstić information content (AvgIpc) is 2.99. The first-order valence-corrected chi connectivity index (χ1v) is 15.6. The van der Waals surface area contributed by atoms with Crippen LogP contribution in [0.5, 0.6) is 5.75 Å². The number of amides is 2. The Morgan fingerprint density at radius 2 is 1.46 bits per heavy atom. The van der Waals surface area contributed by atoms with Crippen molar-refractivity contribution in [3.8, 4) is 5.75 Å². The molecule has 0 aromatic heterocycles. The average molecular weight is 580 g/mol. The fraction of sp³-hybridized carbons (Fsp3) is 0.375. The van der Waals surface area contributed by atoms with Crippen LogP contribution in [0.15, 0.2) is 89.8 Å². The number of ether oxygens (including phenoxy) is 1. The van der Waals surface area contributed by atoms with Crippen LogP contribution in [-0.4, -0.2) is 56.9 Å². The Morgan fingerprint density at radius 3 is 2.02 bits per heavy atom. The highest BCUT2D eigenvalue weighted by atomic mass is 32.2. The molecule has 0 fully saturated rings. The molecule has 0 saturated heterocycles. The highest BCUT2D eigenvalue weighted by Gasteiger charge is 2.33. The number of nitrogens with one attached hydrogen (secondary N) is 1. The van der Waals surface area contributed by atoms with Gasteiger partial charge in [0.25, 0.3) is 10.0 Å². The van der Waals surface area contributed by atoms with Crippen molar-refractivity contribution in [2.45, 2.75) is 63.9 Å². The van der Waals surface area contributed by atoms with Gasteiger partial charge < -0.3 is 15.0 Å². The second kappa shape index (κ2) is 15.2. The first-order valence-electron chi connectivity index (χ1n) is 14.2. The van der Waals surface area contributed by atoms with E-state index in [9.17, 15) is 18.0 Å². The zero-order valence-corrected chi connectivity index (χ0v) is 25.1. The van der Waals surface area contributed by atoms with Gasteiger partial charge in [-0.2, -0.15) is 0 Å². The normalized spacial score (nSPS) is 12.7. The summed E-state index contributed by atoms with van der Waals surface area (Å²) in [7, 11) is -4.13. The number of para-hydroxylation sites is 1. The summed E-state index contributed by atoms with van der Waals surface area (Å²) in [5, 5.41) is 2.99. The van der Waals surface area contributed by atoms with E-state index >= 15 is 0 Å². The summed E-state index contributed by atoms with van der Waals surface area (Å²) in [5.74, 6) is -0.145. The van der Waals surface area contributed by atoms with E-state index in [0.717, 1.165) is 16.3 Å². The third kappa shape index (κ3) is 8.57. The predicted octanol–water partition coefficient (Wildman–Crippen LogP) is 5.05. The Labute approximate surface area is 244 Å². The molecule has 220 valence electrons. The van der Waals surface area contributed by atoms with E-state index in [1.54, 1.807) is 42.5 Å². The van der Waals surface area contributed by atoms with Crippen molar-refractivity contribution in [2.75, 3.05) is 24.0 Å². The number of sulfonamides is 1. The lowest BCUT2D eigenvalue weighted by Gasteiger charge is -2.33. The SMILES string of the molecule is CCOc1ccc(S(=O)(=O)N(CC(=O)N(CCc2ccccc2)[C@H](CC)C(=O)N[C@@H](C)CC)c2ccccc2)cc1. The van der Waals surface area contributed by atoms with E-state index in [4.69, 9.17) is 4.74 Å². The summed E-state index contributed by atoms with van der Waals surface area (Å²) in [4.78, 5) is 28.9. The molecule has 3 rings (SSSR count). The van der Waals surface area contributed by atoms with E-state index in [1.807, 2.05) is 58.0 Å². The number of carbonyl (C=O) groups is 2. The molecule has 0 aliphatic heterocycles. The topological polar surface area (TPSA) is 96.0 Å². The van der Waals surface area contributed by atoms with Crippen molar-refractivity contribution in [3.05, 3.63) is 90.5 Å². The van der Waals surface area contributed by atoms with Gasteiger partial charge in [0.05, 0.1) is 17.2 Å². The van der Waals surface area contributed by atoms with E-state index in [1.165, 1.54) is 17.0 Å². The second-order valence-electron chi connectivity index (χ2n) is 9.82. The maximum Gasteiger partial charge on any atom is 0.264 e. The molecule has 0 aliphatic carbocycles. The van der Waals surface area contributed by atoms with Gasteiger partial charge in [-0.1, -0.05) is 62.4 Å². The quantitative estimate of drug-likeness (QED) is 0.272. The van der Waals surface area contributed by atoms with Crippen LogP contribution in [0.2, 0.25) is 0 Å². The molecule has 8 nitrogen and oxygen atoms in total. The second-order valence-corrected chi connectivity index (χ2v) is 11.7. The van der Waals surface area contributed by atoms with Crippen LogP contribution in [0.1, 0.15) is 46.1 Å². The van der Waals surface area contributed by atoms with Crippen molar-refractivity contribution >= 4 is 27.5 Å². The fourth-order valence-electron chi connectivity index (χ4n) is 4.46. The molecular weight excluding hydrogens is 538 g/mol. The first-order chi connectivity index (χ1) is 19.7. The molecule has 2 amide bonds. The maximum atomic E-state index is 14.0. The van der Waals surface area contributed by atoms with Crippen LogP contribution in [0, 0.1) is 0 Å². The largest absolute Gasteiger partial charge is 0.494 e. The van der Waals surface area contributed by atoms with Gasteiger partial charge in [0.2, 0.25) is 11.8 Å². The van der Waals surface area contributed by atoms with Gasteiger partial charge in [0.15, 0.2) is 0 Å². The number of carbonyl (C=O) groups excluding carboxylic acids is 2. The third-order valence-corrected chi connectivity index (χ3v) is 8.71. The number of benzene rings is 3. The highest BCUT2D eigenvalue weighted by Crippen LogP contribution is 2.26. The molecule has 41 heavy (non-hydrogen) atoms. The van der Waals surface area contributed by atoms with E-state index < -0.39 is 28.5 Å². The Balaban J connectivity index is 1.97. The van der Waals surface area contributed by atoms with Crippen LogP contribution in [0.4, 0.5) is 5.69 Å². The fourth-order valence-corrected chi connectivity index (χ4v) is 5.88. The van der Waals surface area contributed by atoms with Gasteiger partial charge in [-0.3, -0.25) is 13.9 Å². The van der Waals surface area contributed by atoms with E-state index in [2.05, 4.69) is 5.32 Å². The maximum absolute atomic E-state index is 14.0. The Kier molecular flexibility index (Phi) is 11.8. The standard InChI is InChI=1S/C32H41N3O5S/c1-5-25(4)33-32(37)30(6-2)34(23-22-26-14-10-8-11-15-26)31(36)24-35(27-16-12-9-13-17-27)41(38,39)29-20-18-28(19-21-29)40-7-3/h8-21,25,30H,5-7,22-24H2,1-4H3,(H,33,37)/t25-,30+/m0/s1. The summed E-state index contributed by atoms with van der Waals surface area (Å²) < 4.78 is 34.4. The number of nitrogens with zero attached hydrogens (tertiary/aromatic N) is 2. The van der Waals surface area contributed by atoms with Gasteiger partial charge in [-0.25, -0.2) is 8.42 Å². The van der Waals surface area contributed by atoms with Crippen LogP contribution < -0.4 is 14.4 Å². The Bertz CT molecular complexity index is 1350. The smallest absolute Gasteiger partial charge is 0.264 e. The molecule has 9 heteroatoms. The molecule has 0 spiro atoms. The molecule has 0 saturated carbocycles. The van der Waals surface area contributed by atoms with Crippen molar-refractivity contribution in [1.29, 1.82) is 0 Å². The predicted molar refractivity (Wildman–Crippen MR) is 162 cm³/mol. The molecule has 3 aromatic rings. The molecule has 0 heterocycles. The van der Waals surface area contributed by atoms with Gasteiger partial charge >= 0.3 is 0 Å². The molecule has 1 N–H and O–H groups in total. The minimum absolute atomic E-state index is 0.0370. The van der Waals surface area contributed by atoms with E-state index in [-0.39, 0.29) is 23.4 Å². The van der Waals surface area contributed by atoms with Crippen molar-refractivity contribution < 1.29 is 22.7 Å². The van der Waals surface area contributed by atoms with Crippen molar-refractivity contribution in [1.82, 2.24) is 10.2 Å². The summed E-state index contributed by atoms with van der Waals surface area (Å²) >= 11 is 0. The van der Waals surface area contributed by atoms with Gasteiger partial charge in [-0.05, 0) is 75.1 Å². The monoisotopic (exact) mass is 579 g/mol. The zero-order chi connectivity index (χ0) is 29.8. The number of hydrogen-bond donors (Lipinski definition) is 1. The zero-order valence-electron chi connectivity index (χ0n) is 24.3. The van der Waals surface area contributed by atoms with Crippen molar-refractivity contribution in [2.24, 2.45) is 0 Å². The van der Waals surface area contributed by atoms with Gasteiger partial charge in [-0.15, -0.1) is 0 Å². The molecule has 0 radical (unpaired) electrons. The number of hydrogen-bond acceptors (Lipinski definition) is 5. The lowest BCUT2D eigenvalue weighted by atomic mass is 10.1.